The molecule has 0 aromatic heterocycles. The molecule has 9 heteroatoms. The van der Waals surface area contributed by atoms with E-state index in [1.54, 1.807) is 24.3 Å². The summed E-state index contributed by atoms with van der Waals surface area (Å²) in [6, 6.07) is 11.8. The Hall–Kier alpha value is -3.75. The Morgan fingerprint density at radius 3 is 2.31 bits per heavy atom. The van der Waals surface area contributed by atoms with Crippen LogP contribution in [0.5, 0.6) is 0 Å². The molecule has 2 rings (SSSR count). The third-order valence-corrected chi connectivity index (χ3v) is 3.74. The summed E-state index contributed by atoms with van der Waals surface area (Å²) >= 11 is 0. The van der Waals surface area contributed by atoms with Crippen LogP contribution in [0.1, 0.15) is 26.3 Å². The van der Waals surface area contributed by atoms with Crippen LogP contribution in [0.2, 0.25) is 0 Å². The van der Waals surface area contributed by atoms with Gasteiger partial charge in [-0.2, -0.15) is 0 Å². The highest BCUT2D eigenvalue weighted by atomic mass is 19.1. The van der Waals surface area contributed by atoms with Gasteiger partial charge in [0.05, 0.1) is 18.2 Å². The lowest BCUT2D eigenvalue weighted by atomic mass is 10.1. The number of ether oxygens (including phenoxy) is 2. The molecule has 0 heterocycles. The van der Waals surface area contributed by atoms with Gasteiger partial charge in [-0.05, 0) is 29.8 Å². The van der Waals surface area contributed by atoms with Gasteiger partial charge in [-0.1, -0.05) is 24.3 Å². The first kappa shape index (κ1) is 21.5. The first-order valence-corrected chi connectivity index (χ1v) is 8.53. The van der Waals surface area contributed by atoms with E-state index in [2.05, 4.69) is 15.4 Å². The Bertz CT molecular complexity index is 898. The summed E-state index contributed by atoms with van der Waals surface area (Å²) in [5, 5.41) is 4.76. The van der Waals surface area contributed by atoms with Gasteiger partial charge in [-0.15, -0.1) is 0 Å². The number of hydrogen-bond donors (Lipinski definition) is 2. The normalized spacial score (nSPS) is 10.0. The predicted octanol–water partition coefficient (Wildman–Crippen LogP) is 1.20. The van der Waals surface area contributed by atoms with Crippen molar-refractivity contribution in [3.05, 3.63) is 71.0 Å². The summed E-state index contributed by atoms with van der Waals surface area (Å²) in [5.74, 6) is -3.32. The Kier molecular flexibility index (Phi) is 7.84. The van der Waals surface area contributed by atoms with E-state index in [1.165, 1.54) is 25.3 Å². The standard InChI is InChI=1S/C20H19FN2O6/c1-28-20(27)14-8-6-13(7-9-14)10-22-17(24)12-29-18(25)11-23-19(26)15-4-2-3-5-16(15)21/h2-9H,10-12H2,1H3,(H,22,24)(H,23,26). The van der Waals surface area contributed by atoms with E-state index in [1.807, 2.05) is 0 Å². The van der Waals surface area contributed by atoms with Crippen LogP contribution in [-0.2, 0) is 25.6 Å². The highest BCUT2D eigenvalue weighted by Gasteiger charge is 2.13. The number of nitrogens with one attached hydrogen (secondary N) is 2. The quantitative estimate of drug-likeness (QED) is 0.642. The van der Waals surface area contributed by atoms with Crippen LogP contribution >= 0.6 is 0 Å². The van der Waals surface area contributed by atoms with Gasteiger partial charge < -0.3 is 20.1 Å². The van der Waals surface area contributed by atoms with Crippen molar-refractivity contribution in [1.29, 1.82) is 0 Å². The number of methoxy groups -OCH3 is 1. The molecule has 0 bridgehead atoms. The molecule has 2 aromatic rings. The van der Waals surface area contributed by atoms with Crippen molar-refractivity contribution in [1.82, 2.24) is 10.6 Å². The van der Waals surface area contributed by atoms with Crippen LogP contribution in [0.25, 0.3) is 0 Å². The lowest BCUT2D eigenvalue weighted by molar-refractivity contribution is -0.147. The van der Waals surface area contributed by atoms with Crippen LogP contribution in [-0.4, -0.2) is 44.0 Å². The topological polar surface area (TPSA) is 111 Å². The maximum atomic E-state index is 13.5. The second-order valence-electron chi connectivity index (χ2n) is 5.79. The van der Waals surface area contributed by atoms with Gasteiger partial charge in [0, 0.05) is 6.54 Å². The summed E-state index contributed by atoms with van der Waals surface area (Å²) in [4.78, 5) is 46.5. The molecule has 0 aliphatic heterocycles. The number of benzene rings is 2. The van der Waals surface area contributed by atoms with Crippen LogP contribution in [0.3, 0.4) is 0 Å². The molecule has 0 radical (unpaired) electrons. The zero-order valence-corrected chi connectivity index (χ0v) is 15.6. The molecule has 2 aromatic carbocycles. The predicted molar refractivity (Wildman–Crippen MR) is 99.3 cm³/mol. The third kappa shape index (κ3) is 6.73. The van der Waals surface area contributed by atoms with Crippen molar-refractivity contribution < 1.29 is 33.0 Å². The minimum atomic E-state index is -0.840. The number of hydrogen-bond acceptors (Lipinski definition) is 6. The van der Waals surface area contributed by atoms with Crippen molar-refractivity contribution >= 4 is 23.8 Å². The van der Waals surface area contributed by atoms with Gasteiger partial charge in [-0.3, -0.25) is 14.4 Å². The molecule has 0 saturated carbocycles. The Morgan fingerprint density at radius 1 is 0.966 bits per heavy atom. The Labute approximate surface area is 166 Å². The van der Waals surface area contributed by atoms with E-state index < -0.39 is 42.7 Å². The smallest absolute Gasteiger partial charge is 0.337 e. The highest BCUT2D eigenvalue weighted by Crippen LogP contribution is 2.06. The number of rotatable bonds is 8. The molecule has 0 atom stereocenters. The number of halogens is 1. The summed E-state index contributed by atoms with van der Waals surface area (Å²) in [6.45, 7) is -0.869. The fourth-order valence-electron chi connectivity index (χ4n) is 2.22. The van der Waals surface area contributed by atoms with E-state index in [0.29, 0.717) is 5.56 Å². The molecule has 8 nitrogen and oxygen atoms in total. The minimum Gasteiger partial charge on any atom is -0.465 e. The van der Waals surface area contributed by atoms with Crippen molar-refractivity contribution in [2.75, 3.05) is 20.3 Å². The van der Waals surface area contributed by atoms with Crippen molar-refractivity contribution in [3.8, 4) is 0 Å². The highest BCUT2D eigenvalue weighted by molar-refractivity contribution is 5.96. The first-order chi connectivity index (χ1) is 13.9. The molecule has 0 spiro atoms. The van der Waals surface area contributed by atoms with Crippen LogP contribution in [0.4, 0.5) is 4.39 Å². The van der Waals surface area contributed by atoms with Crippen LogP contribution in [0, 0.1) is 5.82 Å². The second-order valence-corrected chi connectivity index (χ2v) is 5.79. The largest absolute Gasteiger partial charge is 0.465 e. The molecule has 29 heavy (non-hydrogen) atoms. The minimum absolute atomic E-state index is 0.169. The molecule has 0 unspecified atom stereocenters. The summed E-state index contributed by atoms with van der Waals surface area (Å²) in [6.07, 6.45) is 0. The van der Waals surface area contributed by atoms with E-state index >= 15 is 0 Å². The zero-order chi connectivity index (χ0) is 21.2. The van der Waals surface area contributed by atoms with E-state index in [9.17, 15) is 23.6 Å². The monoisotopic (exact) mass is 402 g/mol. The van der Waals surface area contributed by atoms with E-state index in [-0.39, 0.29) is 12.1 Å². The maximum absolute atomic E-state index is 13.5. The van der Waals surface area contributed by atoms with Crippen molar-refractivity contribution in [3.63, 3.8) is 0 Å². The van der Waals surface area contributed by atoms with Gasteiger partial charge in [0.2, 0.25) is 0 Å². The third-order valence-electron chi connectivity index (χ3n) is 3.74. The zero-order valence-electron chi connectivity index (χ0n) is 15.6. The SMILES string of the molecule is COC(=O)c1ccc(CNC(=O)COC(=O)CNC(=O)c2ccccc2F)cc1. The Balaban J connectivity index is 1.69. The summed E-state index contributed by atoms with van der Waals surface area (Å²) in [7, 11) is 1.28. The lowest BCUT2D eigenvalue weighted by Gasteiger charge is -2.08. The molecule has 0 fully saturated rings. The number of carbonyl (C=O) groups is 4. The van der Waals surface area contributed by atoms with Gasteiger partial charge in [0.15, 0.2) is 6.61 Å². The molecule has 0 saturated heterocycles. The average Bonchev–Trinajstić information content (AvgIpc) is 2.74. The van der Waals surface area contributed by atoms with Crippen LogP contribution in [0.15, 0.2) is 48.5 Å². The van der Waals surface area contributed by atoms with Gasteiger partial charge >= 0.3 is 11.9 Å². The first-order valence-electron chi connectivity index (χ1n) is 8.53. The molecule has 2 amide bonds. The van der Waals surface area contributed by atoms with Gasteiger partial charge in [0.25, 0.3) is 11.8 Å². The number of carbonyl (C=O) groups excluding carboxylic acids is 4. The number of amides is 2. The molecule has 152 valence electrons. The van der Waals surface area contributed by atoms with Crippen molar-refractivity contribution in [2.45, 2.75) is 6.54 Å². The molecule has 0 aliphatic rings. The second kappa shape index (κ2) is 10.5. The summed E-state index contributed by atoms with van der Waals surface area (Å²) in [5.41, 5.74) is 0.916. The van der Waals surface area contributed by atoms with Gasteiger partial charge in [0.1, 0.15) is 12.4 Å². The molecule has 2 N–H and O–H groups in total. The maximum Gasteiger partial charge on any atom is 0.337 e. The number of esters is 2. The summed E-state index contributed by atoms with van der Waals surface area (Å²) < 4.78 is 22.8. The molecule has 0 aliphatic carbocycles. The molecular weight excluding hydrogens is 383 g/mol. The average molecular weight is 402 g/mol. The van der Waals surface area contributed by atoms with Crippen LogP contribution < -0.4 is 10.6 Å². The van der Waals surface area contributed by atoms with Crippen molar-refractivity contribution in [2.24, 2.45) is 0 Å². The van der Waals surface area contributed by atoms with E-state index in [4.69, 9.17) is 4.74 Å². The van der Waals surface area contributed by atoms with E-state index in [0.717, 1.165) is 11.6 Å². The fourth-order valence-corrected chi connectivity index (χ4v) is 2.22. The molecular formula is C20H19FN2O6. The van der Waals surface area contributed by atoms with Gasteiger partial charge in [-0.25, -0.2) is 9.18 Å². The Morgan fingerprint density at radius 2 is 1.66 bits per heavy atom. The fraction of sp³-hybridized carbons (Fsp3) is 0.200. The lowest BCUT2D eigenvalue weighted by Crippen LogP contribution is -2.34.